The van der Waals surface area contributed by atoms with Gasteiger partial charge in [-0.2, -0.15) is 0 Å². The predicted molar refractivity (Wildman–Crippen MR) is 171 cm³/mol. The molecule has 0 heterocycles. The standard InChI is InChI=1S/C37H44N2O2/c1-6-7-28-16-18-37(19-17-28,29-20-24(2)35(25(3)21-29)40-33-12-8-31(38)9-13-33)30-22-26(4)36(27(5)23-30)41-34-14-10-32(39)11-15-34/h8-15,20-23,28H,6-7,16-19,38-39H2,1-5H3. The molecular formula is C37H44N2O2. The Hall–Kier alpha value is -3.92. The SMILES string of the molecule is CCCC1CCC(c2cc(C)c(Oc3ccc(N)cc3)c(C)c2)(c2cc(C)c(Oc3ccc(N)cc3)c(C)c2)CC1. The van der Waals surface area contributed by atoms with E-state index in [1.54, 1.807) is 0 Å². The molecule has 0 unspecified atom stereocenters. The van der Waals surface area contributed by atoms with E-state index in [-0.39, 0.29) is 5.41 Å². The van der Waals surface area contributed by atoms with Crippen LogP contribution in [0.1, 0.15) is 78.8 Å². The van der Waals surface area contributed by atoms with Crippen LogP contribution in [0.25, 0.3) is 0 Å². The summed E-state index contributed by atoms with van der Waals surface area (Å²) < 4.78 is 12.7. The van der Waals surface area contributed by atoms with Crippen LogP contribution in [-0.4, -0.2) is 0 Å². The second-order valence-electron chi connectivity index (χ2n) is 12.0. The number of aryl methyl sites for hydroxylation is 4. The first-order valence-electron chi connectivity index (χ1n) is 15.0. The molecule has 1 aliphatic carbocycles. The van der Waals surface area contributed by atoms with Crippen LogP contribution in [-0.2, 0) is 5.41 Å². The smallest absolute Gasteiger partial charge is 0.133 e. The Morgan fingerprint density at radius 1 is 0.634 bits per heavy atom. The van der Waals surface area contributed by atoms with Gasteiger partial charge in [0.25, 0.3) is 0 Å². The Kier molecular flexibility index (Phi) is 8.30. The van der Waals surface area contributed by atoms with E-state index in [0.29, 0.717) is 0 Å². The quantitative estimate of drug-likeness (QED) is 0.215. The lowest BCUT2D eigenvalue weighted by Gasteiger charge is -2.42. The maximum Gasteiger partial charge on any atom is 0.133 e. The average molecular weight is 549 g/mol. The van der Waals surface area contributed by atoms with Gasteiger partial charge in [-0.3, -0.25) is 0 Å². The minimum Gasteiger partial charge on any atom is -0.457 e. The van der Waals surface area contributed by atoms with Crippen molar-refractivity contribution in [3.05, 3.63) is 106 Å². The van der Waals surface area contributed by atoms with Crippen molar-refractivity contribution in [2.24, 2.45) is 5.92 Å². The fourth-order valence-electron chi connectivity index (χ4n) is 6.69. The first-order chi connectivity index (χ1) is 19.7. The maximum atomic E-state index is 6.36. The van der Waals surface area contributed by atoms with Gasteiger partial charge in [0.1, 0.15) is 23.0 Å². The van der Waals surface area contributed by atoms with Gasteiger partial charge in [0.15, 0.2) is 0 Å². The lowest BCUT2D eigenvalue weighted by Crippen LogP contribution is -2.33. The molecule has 4 aromatic carbocycles. The van der Waals surface area contributed by atoms with Crippen LogP contribution >= 0.6 is 0 Å². The van der Waals surface area contributed by atoms with E-state index >= 15 is 0 Å². The summed E-state index contributed by atoms with van der Waals surface area (Å²) in [6.45, 7) is 11.0. The summed E-state index contributed by atoms with van der Waals surface area (Å²) in [6, 6.07) is 24.7. The number of anilines is 2. The number of hydrogen-bond acceptors (Lipinski definition) is 4. The van der Waals surface area contributed by atoms with Gasteiger partial charge in [0.2, 0.25) is 0 Å². The molecule has 0 aromatic heterocycles. The van der Waals surface area contributed by atoms with Crippen molar-refractivity contribution in [3.63, 3.8) is 0 Å². The van der Waals surface area contributed by atoms with Crippen LogP contribution in [0, 0.1) is 33.6 Å². The van der Waals surface area contributed by atoms with Gasteiger partial charge in [0.05, 0.1) is 0 Å². The van der Waals surface area contributed by atoms with Crippen molar-refractivity contribution in [2.75, 3.05) is 11.5 Å². The van der Waals surface area contributed by atoms with Crippen LogP contribution in [0.4, 0.5) is 11.4 Å². The Morgan fingerprint density at radius 3 is 1.34 bits per heavy atom. The number of rotatable bonds is 8. The second kappa shape index (κ2) is 11.9. The summed E-state index contributed by atoms with van der Waals surface area (Å²) in [5.74, 6) is 4.26. The highest BCUT2D eigenvalue weighted by molar-refractivity contribution is 5.55. The second-order valence-corrected chi connectivity index (χ2v) is 12.0. The third-order valence-electron chi connectivity index (χ3n) is 8.88. The molecule has 214 valence electrons. The molecule has 0 bridgehead atoms. The minimum absolute atomic E-state index is 0.0469. The topological polar surface area (TPSA) is 70.5 Å². The molecule has 1 aliphatic rings. The summed E-state index contributed by atoms with van der Waals surface area (Å²) in [4.78, 5) is 0. The van der Waals surface area contributed by atoms with E-state index in [4.69, 9.17) is 20.9 Å². The zero-order chi connectivity index (χ0) is 29.1. The lowest BCUT2D eigenvalue weighted by atomic mass is 9.62. The van der Waals surface area contributed by atoms with E-state index in [1.165, 1.54) is 36.8 Å². The van der Waals surface area contributed by atoms with Crippen molar-refractivity contribution in [1.82, 2.24) is 0 Å². The van der Waals surface area contributed by atoms with Crippen LogP contribution in [0.2, 0.25) is 0 Å². The molecule has 4 aromatic rings. The number of ether oxygens (including phenoxy) is 2. The molecule has 4 nitrogen and oxygen atoms in total. The van der Waals surface area contributed by atoms with Crippen molar-refractivity contribution in [1.29, 1.82) is 0 Å². The summed E-state index contributed by atoms with van der Waals surface area (Å²) in [6.07, 6.45) is 7.35. The van der Waals surface area contributed by atoms with E-state index in [0.717, 1.165) is 75.4 Å². The molecular weight excluding hydrogens is 504 g/mol. The monoisotopic (exact) mass is 548 g/mol. The molecule has 4 N–H and O–H groups in total. The zero-order valence-electron chi connectivity index (χ0n) is 25.2. The molecule has 0 aliphatic heterocycles. The first-order valence-corrected chi connectivity index (χ1v) is 15.0. The van der Waals surface area contributed by atoms with E-state index in [1.807, 2.05) is 48.5 Å². The highest BCUT2D eigenvalue weighted by atomic mass is 16.5. The highest BCUT2D eigenvalue weighted by Crippen LogP contribution is 2.50. The van der Waals surface area contributed by atoms with Gasteiger partial charge in [-0.1, -0.05) is 44.0 Å². The Morgan fingerprint density at radius 2 is 1.00 bits per heavy atom. The summed E-state index contributed by atoms with van der Waals surface area (Å²) in [7, 11) is 0. The van der Waals surface area contributed by atoms with Gasteiger partial charge in [0, 0.05) is 16.8 Å². The van der Waals surface area contributed by atoms with Crippen molar-refractivity contribution in [3.8, 4) is 23.0 Å². The molecule has 4 heteroatoms. The first kappa shape index (κ1) is 28.6. The van der Waals surface area contributed by atoms with Crippen molar-refractivity contribution >= 4 is 11.4 Å². The minimum atomic E-state index is -0.0469. The fourth-order valence-corrected chi connectivity index (χ4v) is 6.69. The number of nitrogens with two attached hydrogens (primary N) is 2. The maximum absolute atomic E-state index is 6.36. The summed E-state index contributed by atoms with van der Waals surface area (Å²) in [5.41, 5.74) is 20.6. The van der Waals surface area contributed by atoms with Crippen molar-refractivity contribution < 1.29 is 9.47 Å². The van der Waals surface area contributed by atoms with Crippen LogP contribution in [0.5, 0.6) is 23.0 Å². The van der Waals surface area contributed by atoms with Crippen LogP contribution in [0.3, 0.4) is 0 Å². The Labute approximate surface area is 245 Å². The lowest BCUT2D eigenvalue weighted by molar-refractivity contribution is 0.253. The van der Waals surface area contributed by atoms with Gasteiger partial charge in [-0.05, 0) is 141 Å². The molecule has 5 rings (SSSR count). The molecule has 1 saturated carbocycles. The molecule has 0 amide bonds. The van der Waals surface area contributed by atoms with Crippen LogP contribution in [0.15, 0.2) is 72.8 Å². The van der Waals surface area contributed by atoms with E-state index < -0.39 is 0 Å². The average Bonchev–Trinajstić information content (AvgIpc) is 2.95. The molecule has 0 saturated heterocycles. The summed E-state index contributed by atoms with van der Waals surface area (Å²) in [5, 5.41) is 0. The third-order valence-corrected chi connectivity index (χ3v) is 8.88. The zero-order valence-corrected chi connectivity index (χ0v) is 25.2. The number of nitrogen functional groups attached to an aromatic ring is 2. The third kappa shape index (κ3) is 6.07. The molecule has 0 atom stereocenters. The summed E-state index contributed by atoms with van der Waals surface area (Å²) >= 11 is 0. The molecule has 1 fully saturated rings. The normalized spacial score (nSPS) is 15.0. The van der Waals surface area contributed by atoms with E-state index in [9.17, 15) is 0 Å². The van der Waals surface area contributed by atoms with Gasteiger partial charge in [-0.25, -0.2) is 0 Å². The van der Waals surface area contributed by atoms with E-state index in [2.05, 4.69) is 58.9 Å². The number of benzene rings is 4. The molecule has 41 heavy (non-hydrogen) atoms. The van der Waals surface area contributed by atoms with Crippen molar-refractivity contribution in [2.45, 2.75) is 78.6 Å². The van der Waals surface area contributed by atoms with Gasteiger partial charge in [-0.15, -0.1) is 0 Å². The fraction of sp³-hybridized carbons (Fsp3) is 0.351. The predicted octanol–water partition coefficient (Wildman–Crippen LogP) is 9.95. The molecule has 0 radical (unpaired) electrons. The molecule has 0 spiro atoms. The van der Waals surface area contributed by atoms with Crippen LogP contribution < -0.4 is 20.9 Å². The Balaban J connectivity index is 1.53. The number of hydrogen-bond donors (Lipinski definition) is 2. The van der Waals surface area contributed by atoms with Gasteiger partial charge >= 0.3 is 0 Å². The Bertz CT molecular complexity index is 1350. The highest BCUT2D eigenvalue weighted by Gasteiger charge is 2.39. The largest absolute Gasteiger partial charge is 0.457 e. The van der Waals surface area contributed by atoms with Gasteiger partial charge < -0.3 is 20.9 Å².